The molecule has 0 amide bonds. The molecule has 1 aliphatic rings. The van der Waals surface area contributed by atoms with Crippen LogP contribution in [0.25, 0.3) is 0 Å². The van der Waals surface area contributed by atoms with Crippen molar-refractivity contribution in [3.8, 4) is 0 Å². The van der Waals surface area contributed by atoms with Crippen LogP contribution in [0.5, 0.6) is 0 Å². The van der Waals surface area contributed by atoms with E-state index in [1.165, 1.54) is 6.07 Å². The largest absolute Gasteiger partial charge is 0.409 e. The van der Waals surface area contributed by atoms with Gasteiger partial charge in [0, 0.05) is 18.2 Å². The van der Waals surface area contributed by atoms with E-state index in [0.717, 1.165) is 6.42 Å². The molecule has 0 saturated carbocycles. The Labute approximate surface area is 122 Å². The third kappa shape index (κ3) is 3.92. The van der Waals surface area contributed by atoms with Gasteiger partial charge in [-0.15, -0.1) is 0 Å². The number of hydrogen-bond donors (Lipinski definition) is 3. The molecule has 1 unspecified atom stereocenters. The molecule has 8 heteroatoms. The van der Waals surface area contributed by atoms with Gasteiger partial charge >= 0.3 is 0 Å². The van der Waals surface area contributed by atoms with Gasteiger partial charge in [0.05, 0.1) is 17.1 Å². The topological polar surface area (TPSA) is 105 Å². The van der Waals surface area contributed by atoms with Gasteiger partial charge in [0.1, 0.15) is 5.82 Å². The highest BCUT2D eigenvalue weighted by molar-refractivity contribution is 7.91. The molecule has 1 atom stereocenters. The second kappa shape index (κ2) is 6.40. The van der Waals surface area contributed by atoms with Gasteiger partial charge in [0.2, 0.25) is 0 Å². The van der Waals surface area contributed by atoms with E-state index in [1.807, 2.05) is 0 Å². The molecule has 0 radical (unpaired) electrons. The van der Waals surface area contributed by atoms with Crippen molar-refractivity contribution >= 4 is 15.7 Å². The van der Waals surface area contributed by atoms with Crippen LogP contribution in [0.3, 0.4) is 0 Å². The van der Waals surface area contributed by atoms with Crippen molar-refractivity contribution in [3.63, 3.8) is 0 Å². The summed E-state index contributed by atoms with van der Waals surface area (Å²) in [7, 11) is -3.00. The fourth-order valence-electron chi connectivity index (χ4n) is 2.41. The number of nitrogens with one attached hydrogen (secondary N) is 1. The normalized spacial score (nSPS) is 22.1. The molecule has 1 aromatic rings. The first kappa shape index (κ1) is 15.7. The van der Waals surface area contributed by atoms with E-state index in [-0.39, 0.29) is 35.5 Å². The van der Waals surface area contributed by atoms with Crippen LogP contribution in [-0.2, 0) is 16.4 Å². The highest BCUT2D eigenvalue weighted by Crippen LogP contribution is 2.15. The molecule has 1 aromatic carbocycles. The summed E-state index contributed by atoms with van der Waals surface area (Å²) in [5.74, 6) is -0.568. The zero-order valence-electron chi connectivity index (χ0n) is 11.4. The minimum atomic E-state index is -3.00. The lowest BCUT2D eigenvalue weighted by Crippen LogP contribution is -2.39. The van der Waals surface area contributed by atoms with Crippen LogP contribution in [-0.4, -0.2) is 37.0 Å². The molecule has 1 fully saturated rings. The molecular weight excluding hydrogens is 297 g/mol. The number of oxime groups is 1. The Morgan fingerprint density at radius 2 is 2.29 bits per heavy atom. The molecule has 0 spiro atoms. The molecule has 116 valence electrons. The van der Waals surface area contributed by atoms with Crippen molar-refractivity contribution in [2.24, 2.45) is 10.9 Å². The number of rotatable bonds is 4. The van der Waals surface area contributed by atoms with Gasteiger partial charge in [-0.25, -0.2) is 12.8 Å². The van der Waals surface area contributed by atoms with Crippen molar-refractivity contribution in [2.75, 3.05) is 11.5 Å². The van der Waals surface area contributed by atoms with Crippen molar-refractivity contribution in [1.82, 2.24) is 5.32 Å². The first-order valence-electron chi connectivity index (χ1n) is 6.62. The number of halogens is 1. The molecule has 0 aliphatic carbocycles. The average Bonchev–Trinajstić information content (AvgIpc) is 2.44. The molecule has 4 N–H and O–H groups in total. The number of hydrogen-bond acceptors (Lipinski definition) is 5. The lowest BCUT2D eigenvalue weighted by atomic mass is 10.1. The number of amidine groups is 1. The van der Waals surface area contributed by atoms with Gasteiger partial charge in [-0.2, -0.15) is 0 Å². The molecule has 21 heavy (non-hydrogen) atoms. The SMILES string of the molecule is N/C(=N/O)c1cccc(CNC2CCCS(=O)(=O)C2)c1F. The van der Waals surface area contributed by atoms with Gasteiger partial charge in [0.15, 0.2) is 15.7 Å². The summed E-state index contributed by atoms with van der Waals surface area (Å²) < 4.78 is 37.3. The van der Waals surface area contributed by atoms with Crippen LogP contribution >= 0.6 is 0 Å². The van der Waals surface area contributed by atoms with E-state index >= 15 is 0 Å². The average molecular weight is 315 g/mol. The zero-order valence-corrected chi connectivity index (χ0v) is 12.2. The van der Waals surface area contributed by atoms with Crippen LogP contribution in [0.1, 0.15) is 24.0 Å². The monoisotopic (exact) mass is 315 g/mol. The van der Waals surface area contributed by atoms with Gasteiger partial charge in [-0.05, 0) is 18.9 Å². The minimum absolute atomic E-state index is 0.0214. The maximum atomic E-state index is 14.2. The summed E-state index contributed by atoms with van der Waals surface area (Å²) in [6.07, 6.45) is 1.37. The molecule has 1 aliphatic heterocycles. The highest BCUT2D eigenvalue weighted by atomic mass is 32.2. The smallest absolute Gasteiger partial charge is 0.173 e. The molecule has 0 aromatic heterocycles. The lowest BCUT2D eigenvalue weighted by Gasteiger charge is -2.23. The first-order chi connectivity index (χ1) is 9.93. The number of sulfone groups is 1. The van der Waals surface area contributed by atoms with Crippen molar-refractivity contribution < 1.29 is 18.0 Å². The Morgan fingerprint density at radius 3 is 2.95 bits per heavy atom. The summed E-state index contributed by atoms with van der Waals surface area (Å²) in [6.45, 7) is 0.193. The van der Waals surface area contributed by atoms with Crippen LogP contribution in [0.4, 0.5) is 4.39 Å². The van der Waals surface area contributed by atoms with Gasteiger partial charge < -0.3 is 16.3 Å². The molecule has 1 heterocycles. The summed E-state index contributed by atoms with van der Waals surface area (Å²) in [5.41, 5.74) is 5.77. The van der Waals surface area contributed by atoms with Crippen molar-refractivity contribution in [3.05, 3.63) is 35.1 Å². The Balaban J connectivity index is 2.07. The number of nitrogens with two attached hydrogens (primary N) is 1. The summed E-state index contributed by atoms with van der Waals surface area (Å²) in [5, 5.41) is 14.4. The van der Waals surface area contributed by atoms with Crippen molar-refractivity contribution in [1.29, 1.82) is 0 Å². The number of nitrogens with zero attached hydrogens (tertiary/aromatic N) is 1. The fraction of sp³-hybridized carbons (Fsp3) is 0.462. The highest BCUT2D eigenvalue weighted by Gasteiger charge is 2.24. The Hall–Kier alpha value is -1.67. The van der Waals surface area contributed by atoms with Crippen LogP contribution in [0.15, 0.2) is 23.4 Å². The molecule has 0 bridgehead atoms. The Kier molecular flexibility index (Phi) is 4.79. The van der Waals surface area contributed by atoms with E-state index < -0.39 is 15.7 Å². The zero-order chi connectivity index (χ0) is 15.5. The second-order valence-electron chi connectivity index (χ2n) is 5.10. The van der Waals surface area contributed by atoms with E-state index in [9.17, 15) is 12.8 Å². The van der Waals surface area contributed by atoms with Crippen LogP contribution in [0, 0.1) is 5.82 Å². The Morgan fingerprint density at radius 1 is 1.52 bits per heavy atom. The van der Waals surface area contributed by atoms with E-state index in [2.05, 4.69) is 10.5 Å². The standard InChI is InChI=1S/C13H18FN3O3S/c14-12-9(3-1-5-11(12)13(15)17-18)7-16-10-4-2-6-21(19,20)8-10/h1,3,5,10,16,18H,2,4,6-8H2,(H2,15,17). The van der Waals surface area contributed by atoms with Crippen LogP contribution < -0.4 is 11.1 Å². The number of benzene rings is 1. The quantitative estimate of drug-likeness (QED) is 0.326. The summed E-state index contributed by atoms with van der Waals surface area (Å²) in [6, 6.07) is 4.42. The van der Waals surface area contributed by atoms with Crippen molar-refractivity contribution in [2.45, 2.75) is 25.4 Å². The summed E-state index contributed by atoms with van der Waals surface area (Å²) >= 11 is 0. The maximum absolute atomic E-state index is 14.2. The van der Waals surface area contributed by atoms with E-state index in [4.69, 9.17) is 10.9 Å². The molecular formula is C13H18FN3O3S. The lowest BCUT2D eigenvalue weighted by molar-refractivity contribution is 0.318. The molecule has 6 nitrogen and oxygen atoms in total. The third-order valence-electron chi connectivity index (χ3n) is 3.51. The van der Waals surface area contributed by atoms with Gasteiger partial charge in [-0.3, -0.25) is 0 Å². The second-order valence-corrected chi connectivity index (χ2v) is 7.33. The minimum Gasteiger partial charge on any atom is -0.409 e. The Bertz CT molecular complexity index is 646. The molecule has 1 saturated heterocycles. The van der Waals surface area contributed by atoms with Crippen LogP contribution in [0.2, 0.25) is 0 Å². The predicted octanol–water partition coefficient (Wildman–Crippen LogP) is 0.587. The fourth-order valence-corrected chi connectivity index (χ4v) is 4.08. The van der Waals surface area contributed by atoms with Gasteiger partial charge in [-0.1, -0.05) is 17.3 Å². The third-order valence-corrected chi connectivity index (χ3v) is 5.33. The molecule has 2 rings (SSSR count). The predicted molar refractivity (Wildman–Crippen MR) is 77.4 cm³/mol. The first-order valence-corrected chi connectivity index (χ1v) is 8.44. The summed E-state index contributed by atoms with van der Waals surface area (Å²) in [4.78, 5) is 0. The van der Waals surface area contributed by atoms with E-state index in [1.54, 1.807) is 12.1 Å². The van der Waals surface area contributed by atoms with Gasteiger partial charge in [0.25, 0.3) is 0 Å². The van der Waals surface area contributed by atoms with E-state index in [0.29, 0.717) is 12.0 Å². The maximum Gasteiger partial charge on any atom is 0.173 e.